The summed E-state index contributed by atoms with van der Waals surface area (Å²) in [7, 11) is 0. The summed E-state index contributed by atoms with van der Waals surface area (Å²) in [6, 6.07) is 14.3. The van der Waals surface area contributed by atoms with Gasteiger partial charge in [-0.05, 0) is 42.5 Å². The third-order valence-electron chi connectivity index (χ3n) is 4.26. The van der Waals surface area contributed by atoms with Gasteiger partial charge in [0.15, 0.2) is 0 Å². The van der Waals surface area contributed by atoms with E-state index in [-0.39, 0.29) is 5.78 Å². The summed E-state index contributed by atoms with van der Waals surface area (Å²) in [6.07, 6.45) is 4.58. The number of benzene rings is 1. The molecule has 124 valence electrons. The summed E-state index contributed by atoms with van der Waals surface area (Å²) < 4.78 is 0. The van der Waals surface area contributed by atoms with Crippen molar-refractivity contribution in [1.29, 1.82) is 0 Å². The maximum Gasteiger partial charge on any atom is 0.209 e. The fraction of sp³-hybridized carbons (Fsp3) is 0.238. The Balaban J connectivity index is 0.000000185. The number of hydrogen-bond donors (Lipinski definition) is 1. The highest BCUT2D eigenvalue weighted by atomic mass is 16.1. The summed E-state index contributed by atoms with van der Waals surface area (Å²) in [6.45, 7) is 10.0. The van der Waals surface area contributed by atoms with Crippen molar-refractivity contribution in [2.24, 2.45) is 0 Å². The molecular weight excluding hydrogens is 296 g/mol. The van der Waals surface area contributed by atoms with Crippen LogP contribution >= 0.6 is 0 Å². The van der Waals surface area contributed by atoms with Crippen LogP contribution in [0.3, 0.4) is 0 Å². The monoisotopic (exact) mass is 320 g/mol. The summed E-state index contributed by atoms with van der Waals surface area (Å²) in [5.74, 6) is 0.709. The minimum absolute atomic E-state index is 0.000637. The molecule has 3 nitrogen and oxygen atoms in total. The van der Waals surface area contributed by atoms with Crippen LogP contribution in [0, 0.1) is 0 Å². The van der Waals surface area contributed by atoms with E-state index in [4.69, 9.17) is 0 Å². The molecule has 1 N–H and O–H groups in total. The summed E-state index contributed by atoms with van der Waals surface area (Å²) in [5, 5.41) is 3.04. The van der Waals surface area contributed by atoms with Crippen molar-refractivity contribution >= 4 is 11.5 Å². The lowest BCUT2D eigenvalue weighted by Crippen LogP contribution is -2.25. The third kappa shape index (κ3) is 4.19. The Hall–Kier alpha value is -2.68. The van der Waals surface area contributed by atoms with Gasteiger partial charge in [-0.1, -0.05) is 50.8 Å². The van der Waals surface area contributed by atoms with Crippen LogP contribution in [0.1, 0.15) is 38.7 Å². The van der Waals surface area contributed by atoms with Gasteiger partial charge >= 0.3 is 0 Å². The van der Waals surface area contributed by atoms with E-state index in [1.165, 1.54) is 12.0 Å². The lowest BCUT2D eigenvalue weighted by atomic mass is 9.88. The van der Waals surface area contributed by atoms with E-state index < -0.39 is 0 Å². The molecule has 1 aromatic carbocycles. The number of carbonyl (C=O) groups excluding carboxylic acids is 1. The first-order valence-electron chi connectivity index (χ1n) is 8.21. The van der Waals surface area contributed by atoms with E-state index in [2.05, 4.69) is 61.1 Å². The molecule has 1 atom stereocenters. The Morgan fingerprint density at radius 2 is 1.75 bits per heavy atom. The molecule has 0 saturated carbocycles. The fourth-order valence-corrected chi connectivity index (χ4v) is 2.33. The number of allylic oxidation sites excluding steroid dienone is 2. The molecule has 0 amide bonds. The predicted molar refractivity (Wildman–Crippen MR) is 99.9 cm³/mol. The molecule has 1 aliphatic carbocycles. The molecule has 3 rings (SSSR count). The quantitative estimate of drug-likeness (QED) is 0.796. The topological polar surface area (TPSA) is 42.0 Å². The van der Waals surface area contributed by atoms with Crippen molar-refractivity contribution in [2.75, 3.05) is 5.32 Å². The highest BCUT2D eigenvalue weighted by Crippen LogP contribution is 2.28. The number of anilines is 1. The first-order chi connectivity index (χ1) is 11.5. The second kappa shape index (κ2) is 8.25. The molecule has 0 bridgehead atoms. The Kier molecular flexibility index (Phi) is 6.07. The van der Waals surface area contributed by atoms with Crippen LogP contribution < -0.4 is 5.32 Å². The predicted octanol–water partition coefficient (Wildman–Crippen LogP) is 5.11. The van der Waals surface area contributed by atoms with Crippen molar-refractivity contribution in [1.82, 2.24) is 4.98 Å². The molecule has 0 spiro atoms. The standard InChI is InChI=1S/C11H10N2O.C10H14/c1-7-8(2)11(14)10(7)13-9-3-5-12-6-4-9;1-3-9(2)10-7-5-4-6-8-10/h3-6H,2H2,1H3,(H,12,13);4-9H,3H2,1-2H3/t;9-/m.0/s1. The second-order valence-corrected chi connectivity index (χ2v) is 5.89. The van der Waals surface area contributed by atoms with Gasteiger partial charge in [0.05, 0.1) is 5.70 Å². The first-order valence-corrected chi connectivity index (χ1v) is 8.21. The van der Waals surface area contributed by atoms with Crippen LogP contribution in [-0.2, 0) is 4.79 Å². The molecule has 2 aromatic rings. The molecule has 24 heavy (non-hydrogen) atoms. The Morgan fingerprint density at radius 1 is 1.12 bits per heavy atom. The zero-order valence-electron chi connectivity index (χ0n) is 14.5. The molecule has 0 aliphatic heterocycles. The number of pyridine rings is 1. The highest BCUT2D eigenvalue weighted by Gasteiger charge is 2.28. The number of hydrogen-bond acceptors (Lipinski definition) is 3. The van der Waals surface area contributed by atoms with E-state index in [0.29, 0.717) is 17.2 Å². The van der Waals surface area contributed by atoms with E-state index in [1.807, 2.05) is 19.1 Å². The Labute approximate surface area is 144 Å². The number of Topliss-reactive ketones (excluding diaryl/α,β-unsaturated/α-hetero) is 1. The van der Waals surface area contributed by atoms with Crippen LogP contribution in [0.15, 0.2) is 78.3 Å². The first kappa shape index (κ1) is 17.7. The van der Waals surface area contributed by atoms with Gasteiger partial charge in [-0.15, -0.1) is 0 Å². The summed E-state index contributed by atoms with van der Waals surface area (Å²) in [4.78, 5) is 15.2. The van der Waals surface area contributed by atoms with Gasteiger partial charge in [0.1, 0.15) is 0 Å². The number of nitrogens with zero attached hydrogens (tertiary/aromatic N) is 1. The SMILES string of the molecule is C=C1C(=O)C(Nc2ccncc2)=C1C.CC[C@H](C)c1ccccc1. The average molecular weight is 320 g/mol. The molecule has 1 aromatic heterocycles. The van der Waals surface area contributed by atoms with E-state index in [0.717, 1.165) is 11.3 Å². The Morgan fingerprint density at radius 3 is 2.29 bits per heavy atom. The van der Waals surface area contributed by atoms with Gasteiger partial charge in [-0.25, -0.2) is 0 Å². The van der Waals surface area contributed by atoms with Gasteiger partial charge in [0, 0.05) is 23.7 Å². The molecule has 3 heteroatoms. The van der Waals surface area contributed by atoms with Gasteiger partial charge in [-0.3, -0.25) is 9.78 Å². The summed E-state index contributed by atoms with van der Waals surface area (Å²) >= 11 is 0. The number of rotatable bonds is 4. The van der Waals surface area contributed by atoms with Gasteiger partial charge < -0.3 is 5.32 Å². The molecule has 0 radical (unpaired) electrons. The maximum atomic E-state index is 11.3. The van der Waals surface area contributed by atoms with Gasteiger partial charge in [-0.2, -0.15) is 0 Å². The lowest BCUT2D eigenvalue weighted by molar-refractivity contribution is -0.113. The van der Waals surface area contributed by atoms with E-state index in [1.54, 1.807) is 12.4 Å². The minimum atomic E-state index is -0.000637. The zero-order chi connectivity index (χ0) is 17.5. The minimum Gasteiger partial charge on any atom is -0.352 e. The molecule has 0 saturated heterocycles. The van der Waals surface area contributed by atoms with Crippen LogP contribution in [0.5, 0.6) is 0 Å². The number of ketones is 1. The highest BCUT2D eigenvalue weighted by molar-refractivity contribution is 6.20. The third-order valence-corrected chi connectivity index (χ3v) is 4.26. The van der Waals surface area contributed by atoms with Crippen LogP contribution in [0.2, 0.25) is 0 Å². The number of nitrogens with one attached hydrogen (secondary N) is 1. The maximum absolute atomic E-state index is 11.3. The van der Waals surface area contributed by atoms with Crippen molar-refractivity contribution < 1.29 is 4.79 Å². The molecule has 0 unspecified atom stereocenters. The fourth-order valence-electron chi connectivity index (χ4n) is 2.33. The van der Waals surface area contributed by atoms with Crippen molar-refractivity contribution in [2.45, 2.75) is 33.1 Å². The smallest absolute Gasteiger partial charge is 0.209 e. The Bertz CT molecular complexity index is 733. The van der Waals surface area contributed by atoms with Crippen molar-refractivity contribution in [3.05, 3.63) is 83.8 Å². The summed E-state index contributed by atoms with van der Waals surface area (Å²) in [5.41, 5.74) is 4.50. The van der Waals surface area contributed by atoms with Gasteiger partial charge in [0.25, 0.3) is 0 Å². The largest absolute Gasteiger partial charge is 0.352 e. The lowest BCUT2D eigenvalue weighted by Gasteiger charge is -2.23. The van der Waals surface area contributed by atoms with Crippen molar-refractivity contribution in [3.63, 3.8) is 0 Å². The second-order valence-electron chi connectivity index (χ2n) is 5.89. The van der Waals surface area contributed by atoms with Gasteiger partial charge in [0.2, 0.25) is 5.78 Å². The average Bonchev–Trinajstić information content (AvgIpc) is 2.66. The normalized spacial score (nSPS) is 14.5. The van der Waals surface area contributed by atoms with E-state index in [9.17, 15) is 4.79 Å². The van der Waals surface area contributed by atoms with Crippen molar-refractivity contribution in [3.8, 4) is 0 Å². The number of carbonyl (C=O) groups is 1. The zero-order valence-corrected chi connectivity index (χ0v) is 14.5. The molecule has 1 aliphatic rings. The number of aromatic nitrogens is 1. The molecule has 1 heterocycles. The van der Waals surface area contributed by atoms with Crippen LogP contribution in [0.25, 0.3) is 0 Å². The van der Waals surface area contributed by atoms with Crippen LogP contribution in [0.4, 0.5) is 5.69 Å². The van der Waals surface area contributed by atoms with Crippen LogP contribution in [-0.4, -0.2) is 10.8 Å². The molecular formula is C21H24N2O. The van der Waals surface area contributed by atoms with E-state index >= 15 is 0 Å². The molecule has 0 fully saturated rings.